The third kappa shape index (κ3) is 4.12. The van der Waals surface area contributed by atoms with Crippen LogP contribution in [0.3, 0.4) is 0 Å². The largest absolute Gasteiger partial charge is 0.490 e. The maximum absolute atomic E-state index is 9.56. The molecule has 32 heavy (non-hydrogen) atoms. The fraction of sp³-hybridized carbons (Fsp3) is 0.333. The Morgan fingerprint density at radius 1 is 1.16 bits per heavy atom. The molecule has 0 spiro atoms. The van der Waals surface area contributed by atoms with Crippen LogP contribution in [-0.4, -0.2) is 48.2 Å². The van der Waals surface area contributed by atoms with Crippen LogP contribution >= 0.6 is 0 Å². The van der Waals surface area contributed by atoms with Gasteiger partial charge >= 0.3 is 0 Å². The minimum atomic E-state index is -1.60. The van der Waals surface area contributed by atoms with Gasteiger partial charge < -0.3 is 19.7 Å². The van der Waals surface area contributed by atoms with Crippen LogP contribution in [0.1, 0.15) is 32.4 Å². The SMILES string of the molecule is CC(C)(OCc1cc(-c2cccc(OC3CC3)c2)n(-c2cccc3cn[nH]c23)n1)C(O)O. The van der Waals surface area contributed by atoms with Gasteiger partial charge in [-0.3, -0.25) is 5.10 Å². The number of ether oxygens (including phenoxy) is 2. The number of aliphatic hydroxyl groups is 2. The van der Waals surface area contributed by atoms with Gasteiger partial charge in [0.25, 0.3) is 0 Å². The number of aromatic nitrogens is 4. The van der Waals surface area contributed by atoms with E-state index < -0.39 is 11.9 Å². The molecule has 5 rings (SSSR count). The normalized spacial score (nSPS) is 14.4. The van der Waals surface area contributed by atoms with Crippen LogP contribution in [0.5, 0.6) is 5.75 Å². The van der Waals surface area contributed by atoms with Gasteiger partial charge in [0.1, 0.15) is 11.4 Å². The van der Waals surface area contributed by atoms with Crippen LogP contribution in [0, 0.1) is 0 Å². The standard InChI is InChI=1S/C24H26N4O4/c1-24(2,23(29)30)31-14-17-12-21(15-5-3-7-19(11-15)32-18-9-10-18)28(27-17)20-8-4-6-16-13-25-26-22(16)20/h3-8,11-13,18,23,29-30H,9-10,14H2,1-2H3,(H,25,26). The fourth-order valence-corrected chi connectivity index (χ4v) is 3.46. The summed E-state index contributed by atoms with van der Waals surface area (Å²) in [5.74, 6) is 0.833. The van der Waals surface area contributed by atoms with Crippen LogP contribution in [0.2, 0.25) is 0 Å². The molecule has 1 aliphatic carbocycles. The molecular formula is C24H26N4O4. The van der Waals surface area contributed by atoms with E-state index in [9.17, 15) is 10.2 Å². The predicted octanol–water partition coefficient (Wildman–Crippen LogP) is 3.56. The Morgan fingerprint density at radius 2 is 1.97 bits per heavy atom. The van der Waals surface area contributed by atoms with E-state index in [0.717, 1.165) is 46.4 Å². The van der Waals surface area contributed by atoms with Crippen molar-refractivity contribution in [1.82, 2.24) is 20.0 Å². The third-order valence-corrected chi connectivity index (χ3v) is 5.61. The van der Waals surface area contributed by atoms with E-state index in [1.165, 1.54) is 0 Å². The molecule has 1 aliphatic rings. The third-order valence-electron chi connectivity index (χ3n) is 5.61. The summed E-state index contributed by atoms with van der Waals surface area (Å²) in [6.45, 7) is 3.38. The van der Waals surface area contributed by atoms with E-state index in [4.69, 9.17) is 14.6 Å². The molecule has 1 saturated carbocycles. The summed E-state index contributed by atoms with van der Waals surface area (Å²) in [5, 5.41) is 32.1. The number of para-hydroxylation sites is 1. The minimum absolute atomic E-state index is 0.127. The molecule has 8 heteroatoms. The highest BCUT2D eigenvalue weighted by molar-refractivity contribution is 5.86. The van der Waals surface area contributed by atoms with Crippen LogP contribution in [-0.2, 0) is 11.3 Å². The Labute approximate surface area is 185 Å². The summed E-state index contributed by atoms with van der Waals surface area (Å²) in [4.78, 5) is 0. The van der Waals surface area contributed by atoms with Crippen molar-refractivity contribution in [1.29, 1.82) is 0 Å². The topological polar surface area (TPSA) is 105 Å². The quantitative estimate of drug-likeness (QED) is 0.366. The highest BCUT2D eigenvalue weighted by Crippen LogP contribution is 2.32. The Balaban J connectivity index is 1.56. The van der Waals surface area contributed by atoms with Crippen LogP contribution in [0.4, 0.5) is 0 Å². The molecule has 3 N–H and O–H groups in total. The van der Waals surface area contributed by atoms with Gasteiger partial charge in [-0.05, 0) is 51.0 Å². The smallest absolute Gasteiger partial charge is 0.180 e. The Bertz CT molecular complexity index is 1240. The zero-order valence-electron chi connectivity index (χ0n) is 18.0. The lowest BCUT2D eigenvalue weighted by atomic mass is 10.1. The Hall–Kier alpha value is -3.20. The van der Waals surface area contributed by atoms with Gasteiger partial charge in [0, 0.05) is 10.9 Å². The molecule has 0 aliphatic heterocycles. The van der Waals surface area contributed by atoms with Gasteiger partial charge in [-0.2, -0.15) is 10.2 Å². The summed E-state index contributed by atoms with van der Waals surface area (Å²) in [7, 11) is 0. The molecule has 0 bridgehead atoms. The maximum Gasteiger partial charge on any atom is 0.180 e. The average Bonchev–Trinajstić information content (AvgIpc) is 3.28. The molecule has 0 saturated heterocycles. The minimum Gasteiger partial charge on any atom is -0.490 e. The van der Waals surface area contributed by atoms with Gasteiger partial charge in [0.2, 0.25) is 0 Å². The zero-order valence-corrected chi connectivity index (χ0v) is 18.0. The molecule has 2 aromatic carbocycles. The number of hydrogen-bond acceptors (Lipinski definition) is 6. The molecule has 2 aromatic heterocycles. The molecule has 0 unspecified atom stereocenters. The van der Waals surface area contributed by atoms with E-state index in [1.54, 1.807) is 20.0 Å². The molecule has 8 nitrogen and oxygen atoms in total. The van der Waals surface area contributed by atoms with Gasteiger partial charge in [0.05, 0.1) is 41.5 Å². The molecule has 4 aromatic rings. The number of hydrogen-bond donors (Lipinski definition) is 3. The summed E-state index contributed by atoms with van der Waals surface area (Å²) >= 11 is 0. The second kappa shape index (κ2) is 8.05. The zero-order chi connectivity index (χ0) is 22.3. The summed E-state index contributed by atoms with van der Waals surface area (Å²) in [6.07, 6.45) is 2.68. The van der Waals surface area contributed by atoms with Crippen molar-refractivity contribution >= 4 is 10.9 Å². The monoisotopic (exact) mass is 434 g/mol. The molecule has 1 fully saturated rings. The van der Waals surface area contributed by atoms with Gasteiger partial charge in [-0.25, -0.2) is 4.68 Å². The van der Waals surface area contributed by atoms with E-state index in [2.05, 4.69) is 10.2 Å². The van der Waals surface area contributed by atoms with Crippen LogP contribution in [0.15, 0.2) is 54.7 Å². The van der Waals surface area contributed by atoms with Gasteiger partial charge in [-0.1, -0.05) is 24.3 Å². The van der Waals surface area contributed by atoms with Crippen molar-refractivity contribution in [3.8, 4) is 22.7 Å². The number of aromatic amines is 1. The molecule has 2 heterocycles. The molecule has 0 atom stereocenters. The second-order valence-corrected chi connectivity index (χ2v) is 8.65. The van der Waals surface area contributed by atoms with E-state index in [1.807, 2.05) is 53.2 Å². The number of fused-ring (bicyclic) bond motifs is 1. The Morgan fingerprint density at radius 3 is 2.75 bits per heavy atom. The number of H-pyrrole nitrogens is 1. The van der Waals surface area contributed by atoms with Gasteiger partial charge in [0.15, 0.2) is 6.29 Å². The van der Waals surface area contributed by atoms with E-state index in [-0.39, 0.29) is 6.61 Å². The lowest BCUT2D eigenvalue weighted by Crippen LogP contribution is -2.38. The van der Waals surface area contributed by atoms with Crippen molar-refractivity contribution in [2.45, 2.75) is 51.3 Å². The first-order chi connectivity index (χ1) is 15.4. The van der Waals surface area contributed by atoms with Crippen molar-refractivity contribution in [2.24, 2.45) is 0 Å². The first kappa shape index (κ1) is 20.7. The number of rotatable bonds is 8. The summed E-state index contributed by atoms with van der Waals surface area (Å²) in [6, 6.07) is 15.9. The summed E-state index contributed by atoms with van der Waals surface area (Å²) < 4.78 is 13.6. The molecule has 166 valence electrons. The van der Waals surface area contributed by atoms with Crippen LogP contribution < -0.4 is 4.74 Å². The lowest BCUT2D eigenvalue weighted by Gasteiger charge is -2.26. The maximum atomic E-state index is 9.56. The predicted molar refractivity (Wildman–Crippen MR) is 119 cm³/mol. The number of nitrogens with zero attached hydrogens (tertiary/aromatic N) is 3. The van der Waals surface area contributed by atoms with Gasteiger partial charge in [-0.15, -0.1) is 0 Å². The van der Waals surface area contributed by atoms with Crippen molar-refractivity contribution in [3.05, 3.63) is 60.4 Å². The first-order valence-electron chi connectivity index (χ1n) is 10.7. The number of benzene rings is 2. The van der Waals surface area contributed by atoms with E-state index in [0.29, 0.717) is 11.8 Å². The first-order valence-corrected chi connectivity index (χ1v) is 10.7. The second-order valence-electron chi connectivity index (χ2n) is 8.65. The van der Waals surface area contributed by atoms with Crippen molar-refractivity contribution < 1.29 is 19.7 Å². The van der Waals surface area contributed by atoms with Crippen LogP contribution in [0.25, 0.3) is 27.8 Å². The number of nitrogens with one attached hydrogen (secondary N) is 1. The van der Waals surface area contributed by atoms with E-state index >= 15 is 0 Å². The molecule has 0 radical (unpaired) electrons. The fourth-order valence-electron chi connectivity index (χ4n) is 3.46. The molecule has 0 amide bonds. The average molecular weight is 434 g/mol. The van der Waals surface area contributed by atoms with Crippen molar-refractivity contribution in [2.75, 3.05) is 0 Å². The number of aliphatic hydroxyl groups excluding tert-OH is 1. The highest BCUT2D eigenvalue weighted by Gasteiger charge is 2.28. The lowest BCUT2D eigenvalue weighted by molar-refractivity contribution is -0.197. The molecular weight excluding hydrogens is 408 g/mol. The summed E-state index contributed by atoms with van der Waals surface area (Å²) in [5.41, 5.74) is 3.11. The van der Waals surface area contributed by atoms with Crippen molar-refractivity contribution in [3.63, 3.8) is 0 Å². The highest BCUT2D eigenvalue weighted by atomic mass is 16.6. The Kier molecular flexibility index (Phi) is 5.21.